The quantitative estimate of drug-likeness (QED) is 0.0744. The molecule has 0 fully saturated rings. The molecular formula is C44H59N5O8. The van der Waals surface area contributed by atoms with Crippen molar-refractivity contribution in [3.8, 4) is 0 Å². The first-order valence-corrected chi connectivity index (χ1v) is 19.7. The minimum Gasteiger partial charge on any atom is -0.480 e. The van der Waals surface area contributed by atoms with Gasteiger partial charge in [-0.1, -0.05) is 132 Å². The molecule has 0 spiro atoms. The molecule has 0 bridgehead atoms. The van der Waals surface area contributed by atoms with Crippen LogP contribution in [0, 0.1) is 11.8 Å². The summed E-state index contributed by atoms with van der Waals surface area (Å²) in [6.07, 6.45) is 1.39. The molecule has 0 heterocycles. The molecule has 308 valence electrons. The first-order chi connectivity index (χ1) is 27.2. The van der Waals surface area contributed by atoms with E-state index in [1.54, 1.807) is 48.5 Å². The highest BCUT2D eigenvalue weighted by atomic mass is 16.5. The molecule has 5 unspecified atom stereocenters. The van der Waals surface area contributed by atoms with E-state index in [2.05, 4.69) is 26.6 Å². The van der Waals surface area contributed by atoms with Crippen LogP contribution in [0.2, 0.25) is 0 Å². The van der Waals surface area contributed by atoms with Gasteiger partial charge in [-0.05, 0) is 47.8 Å². The minimum atomic E-state index is -1.25. The van der Waals surface area contributed by atoms with E-state index in [9.17, 15) is 33.9 Å². The van der Waals surface area contributed by atoms with Crippen LogP contribution in [0.5, 0.6) is 0 Å². The van der Waals surface area contributed by atoms with Gasteiger partial charge in [0.05, 0.1) is 6.61 Å². The fraction of sp³-hybridized carbons (Fsp3) is 0.455. The molecule has 3 rings (SSSR count). The maximum Gasteiger partial charge on any atom is 0.407 e. The number of carbonyl (C=O) groups excluding carboxylic acids is 5. The van der Waals surface area contributed by atoms with Crippen LogP contribution >= 0.6 is 0 Å². The second-order valence-corrected chi connectivity index (χ2v) is 15.1. The van der Waals surface area contributed by atoms with Crippen LogP contribution in [0.1, 0.15) is 77.0 Å². The summed E-state index contributed by atoms with van der Waals surface area (Å²) in [6, 6.07) is 21.4. The Kier molecular flexibility index (Phi) is 19.3. The summed E-state index contributed by atoms with van der Waals surface area (Å²) in [5.41, 5.74) is 2.23. The normalized spacial score (nSPS) is 13.7. The summed E-state index contributed by atoms with van der Waals surface area (Å²) in [5.74, 6) is -3.89. The molecule has 0 aromatic heterocycles. The summed E-state index contributed by atoms with van der Waals surface area (Å²) in [7, 11) is 0. The van der Waals surface area contributed by atoms with E-state index in [1.165, 1.54) is 0 Å². The third-order valence-corrected chi connectivity index (χ3v) is 9.12. The molecule has 0 aliphatic carbocycles. The van der Waals surface area contributed by atoms with Crippen LogP contribution in [-0.4, -0.2) is 77.6 Å². The number of carbonyl (C=O) groups is 6. The zero-order valence-corrected chi connectivity index (χ0v) is 33.7. The van der Waals surface area contributed by atoms with Crippen molar-refractivity contribution in [1.82, 2.24) is 26.6 Å². The summed E-state index contributed by atoms with van der Waals surface area (Å²) in [4.78, 5) is 80.7. The fourth-order valence-corrected chi connectivity index (χ4v) is 6.16. The highest BCUT2D eigenvalue weighted by molar-refractivity contribution is 5.96. The number of alkyl carbamates (subject to hydrolysis) is 1. The van der Waals surface area contributed by atoms with Gasteiger partial charge in [0.15, 0.2) is 0 Å². The fourth-order valence-electron chi connectivity index (χ4n) is 6.16. The maximum atomic E-state index is 14.1. The third kappa shape index (κ3) is 16.9. The number of unbranched alkanes of at least 4 members (excludes halogenated alkanes) is 1. The molecule has 13 heteroatoms. The Bertz CT molecular complexity index is 1720. The van der Waals surface area contributed by atoms with Crippen molar-refractivity contribution in [2.45, 2.75) is 110 Å². The SMILES string of the molecule is CCCCOC(=O)NC(Cc1ccccc1)C(=O)NC(CC(C)C)C(=O)NC(Cc1ccccc1)C(=O)NC(CC(C)C)C(=O)NC(Cc1ccccc1)C(=O)O. The van der Waals surface area contributed by atoms with Gasteiger partial charge in [-0.15, -0.1) is 0 Å². The molecule has 0 saturated carbocycles. The first-order valence-electron chi connectivity index (χ1n) is 19.7. The second-order valence-electron chi connectivity index (χ2n) is 15.1. The number of carboxylic acid groups (broad SMARTS) is 1. The Morgan fingerprint density at radius 3 is 1.21 bits per heavy atom. The zero-order chi connectivity index (χ0) is 41.7. The summed E-state index contributed by atoms with van der Waals surface area (Å²) in [5, 5.41) is 23.6. The van der Waals surface area contributed by atoms with E-state index < -0.39 is 65.9 Å². The second kappa shape index (κ2) is 24.0. The number of benzene rings is 3. The lowest BCUT2D eigenvalue weighted by Gasteiger charge is -2.28. The average Bonchev–Trinajstić information content (AvgIpc) is 3.17. The Hall–Kier alpha value is -5.72. The number of nitrogens with one attached hydrogen (secondary N) is 5. The van der Waals surface area contributed by atoms with Gasteiger partial charge in [0.1, 0.15) is 30.2 Å². The summed E-state index contributed by atoms with van der Waals surface area (Å²) < 4.78 is 5.27. The predicted octanol–water partition coefficient (Wildman–Crippen LogP) is 4.73. The Balaban J connectivity index is 1.85. The predicted molar refractivity (Wildman–Crippen MR) is 218 cm³/mol. The van der Waals surface area contributed by atoms with Crippen molar-refractivity contribution in [3.05, 3.63) is 108 Å². The van der Waals surface area contributed by atoms with E-state index >= 15 is 0 Å². The molecule has 0 saturated heterocycles. The topological polar surface area (TPSA) is 192 Å². The zero-order valence-electron chi connectivity index (χ0n) is 33.7. The van der Waals surface area contributed by atoms with Crippen LogP contribution in [-0.2, 0) is 48.0 Å². The van der Waals surface area contributed by atoms with Crippen LogP contribution in [0.4, 0.5) is 4.79 Å². The maximum absolute atomic E-state index is 14.1. The minimum absolute atomic E-state index is 0.0433. The van der Waals surface area contributed by atoms with Crippen LogP contribution < -0.4 is 26.6 Å². The molecule has 13 nitrogen and oxygen atoms in total. The highest BCUT2D eigenvalue weighted by Crippen LogP contribution is 2.13. The molecular weight excluding hydrogens is 727 g/mol. The van der Waals surface area contributed by atoms with E-state index in [0.717, 1.165) is 23.1 Å². The van der Waals surface area contributed by atoms with Crippen molar-refractivity contribution in [1.29, 1.82) is 0 Å². The molecule has 57 heavy (non-hydrogen) atoms. The molecule has 0 aliphatic heterocycles. The van der Waals surface area contributed by atoms with Gasteiger partial charge in [0, 0.05) is 19.3 Å². The van der Waals surface area contributed by atoms with Crippen molar-refractivity contribution >= 4 is 35.7 Å². The monoisotopic (exact) mass is 785 g/mol. The Morgan fingerprint density at radius 1 is 0.509 bits per heavy atom. The largest absolute Gasteiger partial charge is 0.480 e. The molecule has 6 N–H and O–H groups in total. The third-order valence-electron chi connectivity index (χ3n) is 9.12. The Labute approximate surface area is 336 Å². The molecule has 3 aromatic carbocycles. The van der Waals surface area contributed by atoms with Crippen molar-refractivity contribution in [3.63, 3.8) is 0 Å². The van der Waals surface area contributed by atoms with Crippen molar-refractivity contribution < 1.29 is 38.6 Å². The lowest BCUT2D eigenvalue weighted by Crippen LogP contribution is -2.59. The average molecular weight is 786 g/mol. The van der Waals surface area contributed by atoms with Crippen molar-refractivity contribution in [2.75, 3.05) is 6.61 Å². The summed E-state index contributed by atoms with van der Waals surface area (Å²) >= 11 is 0. The van der Waals surface area contributed by atoms with Gasteiger partial charge in [-0.25, -0.2) is 9.59 Å². The van der Waals surface area contributed by atoms with Crippen LogP contribution in [0.15, 0.2) is 91.0 Å². The highest BCUT2D eigenvalue weighted by Gasteiger charge is 2.33. The van der Waals surface area contributed by atoms with Crippen molar-refractivity contribution in [2.24, 2.45) is 11.8 Å². The molecule has 5 amide bonds. The smallest absolute Gasteiger partial charge is 0.407 e. The standard InChI is InChI=1S/C44H59N5O8/c1-6-7-23-57-44(56)49-37(27-32-19-13-9-14-20-32)42(53)46-34(24-29(2)3)39(50)47-36(26-31-17-11-8-12-18-31)41(52)45-35(25-30(4)5)40(51)48-38(43(54)55)28-33-21-15-10-16-22-33/h8-22,29-30,34-38H,6-7,23-28H2,1-5H3,(H,45,52)(H,46,53)(H,47,50)(H,48,51)(H,49,56)(H,54,55). The molecule has 0 radical (unpaired) electrons. The number of aliphatic carboxylic acids is 1. The lowest BCUT2D eigenvalue weighted by atomic mass is 9.98. The van der Waals surface area contributed by atoms with Gasteiger partial charge < -0.3 is 36.4 Å². The van der Waals surface area contributed by atoms with Gasteiger partial charge in [0.25, 0.3) is 0 Å². The van der Waals surface area contributed by atoms with Gasteiger partial charge in [-0.2, -0.15) is 0 Å². The number of ether oxygens (including phenoxy) is 1. The lowest BCUT2D eigenvalue weighted by molar-refractivity contribution is -0.142. The Morgan fingerprint density at radius 2 is 0.842 bits per heavy atom. The van der Waals surface area contributed by atoms with E-state index in [0.29, 0.717) is 6.42 Å². The van der Waals surface area contributed by atoms with Crippen LogP contribution in [0.3, 0.4) is 0 Å². The molecule has 5 atom stereocenters. The number of hydrogen-bond acceptors (Lipinski definition) is 7. The van der Waals surface area contributed by atoms with E-state index in [1.807, 2.05) is 77.1 Å². The molecule has 3 aromatic rings. The number of carboxylic acids is 1. The first kappa shape index (κ1) is 45.7. The van der Waals surface area contributed by atoms with E-state index in [-0.39, 0.29) is 50.5 Å². The van der Waals surface area contributed by atoms with Gasteiger partial charge in [-0.3, -0.25) is 19.2 Å². The van der Waals surface area contributed by atoms with Gasteiger partial charge >= 0.3 is 12.1 Å². The number of hydrogen-bond donors (Lipinski definition) is 6. The summed E-state index contributed by atoms with van der Waals surface area (Å²) in [6.45, 7) is 9.69. The van der Waals surface area contributed by atoms with E-state index in [4.69, 9.17) is 4.74 Å². The van der Waals surface area contributed by atoms with Gasteiger partial charge in [0.2, 0.25) is 23.6 Å². The number of rotatable bonds is 23. The number of amides is 5. The van der Waals surface area contributed by atoms with Crippen LogP contribution in [0.25, 0.3) is 0 Å². The molecule has 0 aliphatic rings.